The predicted molar refractivity (Wildman–Crippen MR) is 77.0 cm³/mol. The molecule has 4 rings (SSSR count). The van der Waals surface area contributed by atoms with Gasteiger partial charge in [-0.2, -0.15) is 0 Å². The van der Waals surface area contributed by atoms with Gasteiger partial charge in [0.15, 0.2) is 5.65 Å². The second-order valence-electron chi connectivity index (χ2n) is 4.98. The van der Waals surface area contributed by atoms with Crippen LogP contribution >= 0.6 is 11.9 Å². The molecule has 0 saturated heterocycles. The topological polar surface area (TPSA) is 71.7 Å². The van der Waals surface area contributed by atoms with Crippen molar-refractivity contribution >= 4 is 29.3 Å². The van der Waals surface area contributed by atoms with Crippen LogP contribution in [0.5, 0.6) is 0 Å². The van der Waals surface area contributed by atoms with Crippen LogP contribution < -0.4 is 5.32 Å². The van der Waals surface area contributed by atoms with E-state index < -0.39 is 0 Å². The van der Waals surface area contributed by atoms with Crippen molar-refractivity contribution in [1.29, 1.82) is 0 Å². The first-order valence-corrected chi connectivity index (χ1v) is 7.62. The van der Waals surface area contributed by atoms with Crippen molar-refractivity contribution in [3.8, 4) is 0 Å². The minimum Gasteiger partial charge on any atom is -0.309 e. The van der Waals surface area contributed by atoms with E-state index in [-0.39, 0.29) is 5.91 Å². The van der Waals surface area contributed by atoms with Gasteiger partial charge in [0.25, 0.3) is 5.91 Å². The first kappa shape index (κ1) is 11.9. The fourth-order valence-electron chi connectivity index (χ4n) is 2.80. The Balaban J connectivity index is 1.77. The van der Waals surface area contributed by atoms with Crippen molar-refractivity contribution in [3.63, 3.8) is 0 Å². The standard InChI is InChI=1S/C13H13N5OS/c19-13(15-11-4-5-20-17-11)9-6-8-2-1-3-10(8)18-7-14-16-12(9)18/h6-7H,1-5H2,(H,15,17,19). The first-order valence-electron chi connectivity index (χ1n) is 6.67. The van der Waals surface area contributed by atoms with Crippen molar-refractivity contribution in [3.05, 3.63) is 29.2 Å². The summed E-state index contributed by atoms with van der Waals surface area (Å²) >= 11 is 1.48. The summed E-state index contributed by atoms with van der Waals surface area (Å²) in [5.41, 5.74) is 3.68. The molecule has 1 aliphatic heterocycles. The molecule has 0 spiro atoms. The number of rotatable bonds is 1. The maximum Gasteiger partial charge on any atom is 0.260 e. The number of fused-ring (bicyclic) bond motifs is 3. The maximum absolute atomic E-state index is 12.4. The molecule has 0 aromatic carbocycles. The van der Waals surface area contributed by atoms with E-state index in [0.29, 0.717) is 11.2 Å². The molecular formula is C13H13N5OS. The first-order chi connectivity index (χ1) is 9.83. The number of aryl methyl sites for hydroxylation is 2. The molecule has 0 bridgehead atoms. The lowest BCUT2D eigenvalue weighted by atomic mass is 10.1. The monoisotopic (exact) mass is 287 g/mol. The Morgan fingerprint density at radius 3 is 3.15 bits per heavy atom. The molecule has 0 radical (unpaired) electrons. The normalized spacial score (nSPS) is 17.3. The molecule has 2 aliphatic rings. The number of nitrogens with zero attached hydrogens (tertiary/aromatic N) is 4. The number of hydrogen-bond acceptors (Lipinski definition) is 5. The van der Waals surface area contributed by atoms with Gasteiger partial charge in [-0.15, -0.1) is 10.2 Å². The summed E-state index contributed by atoms with van der Waals surface area (Å²) in [4.78, 5) is 12.4. The SMILES string of the molecule is O=C(NC1=NSCC1)c1cc2c(n3cnnc13)CCC2. The fraction of sp³-hybridized carbons (Fsp3) is 0.385. The van der Waals surface area contributed by atoms with Gasteiger partial charge in [-0.1, -0.05) is 0 Å². The highest BCUT2D eigenvalue weighted by Gasteiger charge is 2.22. The van der Waals surface area contributed by atoms with E-state index in [1.54, 1.807) is 6.33 Å². The number of hydrogen-bond donors (Lipinski definition) is 1. The molecule has 1 N–H and O–H groups in total. The maximum atomic E-state index is 12.4. The average molecular weight is 287 g/mol. The molecule has 7 heteroatoms. The van der Waals surface area contributed by atoms with Crippen LogP contribution in [0.4, 0.5) is 0 Å². The zero-order valence-electron chi connectivity index (χ0n) is 10.8. The van der Waals surface area contributed by atoms with Gasteiger partial charge < -0.3 is 5.32 Å². The molecule has 6 nitrogen and oxygen atoms in total. The third-order valence-corrected chi connectivity index (χ3v) is 4.47. The van der Waals surface area contributed by atoms with Crippen molar-refractivity contribution in [2.24, 2.45) is 4.40 Å². The van der Waals surface area contributed by atoms with E-state index in [2.05, 4.69) is 19.9 Å². The Kier molecular flexibility index (Phi) is 2.73. The molecule has 1 amide bonds. The zero-order valence-corrected chi connectivity index (χ0v) is 11.6. The Bertz CT molecular complexity index is 736. The number of nitrogens with one attached hydrogen (secondary N) is 1. The molecule has 1 aliphatic carbocycles. The van der Waals surface area contributed by atoms with Crippen LogP contribution in [0.15, 0.2) is 16.8 Å². The third-order valence-electron chi connectivity index (χ3n) is 3.74. The van der Waals surface area contributed by atoms with Gasteiger partial charge in [-0.25, -0.2) is 4.40 Å². The van der Waals surface area contributed by atoms with Crippen LogP contribution in [0.25, 0.3) is 5.65 Å². The Morgan fingerprint density at radius 2 is 2.30 bits per heavy atom. The Morgan fingerprint density at radius 1 is 1.35 bits per heavy atom. The van der Waals surface area contributed by atoms with Crippen LogP contribution in [-0.4, -0.2) is 32.1 Å². The quantitative estimate of drug-likeness (QED) is 0.805. The Hall–Kier alpha value is -1.89. The van der Waals surface area contributed by atoms with Gasteiger partial charge in [0.2, 0.25) is 0 Å². The zero-order chi connectivity index (χ0) is 13.5. The van der Waals surface area contributed by atoms with Crippen LogP contribution in [0.1, 0.15) is 34.5 Å². The number of aromatic nitrogens is 3. The molecule has 20 heavy (non-hydrogen) atoms. The van der Waals surface area contributed by atoms with Crippen LogP contribution in [0.2, 0.25) is 0 Å². The van der Waals surface area contributed by atoms with E-state index in [4.69, 9.17) is 0 Å². The van der Waals surface area contributed by atoms with Crippen LogP contribution in [-0.2, 0) is 12.8 Å². The van der Waals surface area contributed by atoms with Crippen LogP contribution in [0.3, 0.4) is 0 Å². The van der Waals surface area contributed by atoms with Gasteiger partial charge in [0, 0.05) is 17.9 Å². The summed E-state index contributed by atoms with van der Waals surface area (Å²) in [7, 11) is 0. The second kappa shape index (κ2) is 4.59. The van der Waals surface area contributed by atoms with Crippen molar-refractivity contribution < 1.29 is 4.79 Å². The summed E-state index contributed by atoms with van der Waals surface area (Å²) < 4.78 is 6.15. The van der Waals surface area contributed by atoms with Gasteiger partial charge >= 0.3 is 0 Å². The lowest BCUT2D eigenvalue weighted by Gasteiger charge is -2.09. The molecule has 2 aromatic rings. The second-order valence-corrected chi connectivity index (χ2v) is 5.83. The summed E-state index contributed by atoms with van der Waals surface area (Å²) in [6.45, 7) is 0. The summed E-state index contributed by atoms with van der Waals surface area (Å²) in [5, 5.41) is 10.9. The van der Waals surface area contributed by atoms with Crippen molar-refractivity contribution in [2.75, 3.05) is 5.75 Å². The number of carbonyl (C=O) groups excluding carboxylic acids is 1. The van der Waals surface area contributed by atoms with E-state index in [9.17, 15) is 4.79 Å². The van der Waals surface area contributed by atoms with E-state index in [0.717, 1.165) is 37.3 Å². The van der Waals surface area contributed by atoms with Crippen molar-refractivity contribution in [1.82, 2.24) is 19.9 Å². The van der Waals surface area contributed by atoms with E-state index >= 15 is 0 Å². The molecule has 3 heterocycles. The highest BCUT2D eigenvalue weighted by molar-refractivity contribution is 7.98. The molecule has 0 atom stereocenters. The molecular weight excluding hydrogens is 274 g/mol. The van der Waals surface area contributed by atoms with Gasteiger partial charge in [-0.3, -0.25) is 9.20 Å². The van der Waals surface area contributed by atoms with Crippen LogP contribution in [0, 0.1) is 0 Å². The molecule has 0 saturated carbocycles. The van der Waals surface area contributed by atoms with Crippen molar-refractivity contribution in [2.45, 2.75) is 25.7 Å². The summed E-state index contributed by atoms with van der Waals surface area (Å²) in [6, 6.07) is 1.96. The van der Waals surface area contributed by atoms with E-state index in [1.165, 1.54) is 23.2 Å². The largest absolute Gasteiger partial charge is 0.309 e. The molecule has 0 fully saturated rings. The van der Waals surface area contributed by atoms with Gasteiger partial charge in [0.05, 0.1) is 5.56 Å². The molecule has 2 aromatic heterocycles. The minimum atomic E-state index is -0.140. The minimum absolute atomic E-state index is 0.140. The summed E-state index contributed by atoms with van der Waals surface area (Å²) in [6.07, 6.45) is 5.66. The highest BCUT2D eigenvalue weighted by Crippen LogP contribution is 2.25. The van der Waals surface area contributed by atoms with Gasteiger partial charge in [-0.05, 0) is 42.8 Å². The number of amides is 1. The highest BCUT2D eigenvalue weighted by atomic mass is 32.2. The molecule has 102 valence electrons. The number of amidine groups is 1. The average Bonchev–Trinajstić information content (AvgIpc) is 3.17. The smallest absolute Gasteiger partial charge is 0.260 e. The number of pyridine rings is 1. The number of carbonyl (C=O) groups is 1. The van der Waals surface area contributed by atoms with Gasteiger partial charge in [0.1, 0.15) is 12.2 Å². The lowest BCUT2D eigenvalue weighted by molar-refractivity contribution is 0.0977. The summed E-state index contributed by atoms with van der Waals surface area (Å²) in [5.74, 6) is 1.54. The predicted octanol–water partition coefficient (Wildman–Crippen LogP) is 1.40. The Labute approximate surface area is 119 Å². The fourth-order valence-corrected chi connectivity index (χ4v) is 3.47. The molecule has 0 unspecified atom stereocenters. The van der Waals surface area contributed by atoms with E-state index in [1.807, 2.05) is 10.5 Å². The lowest BCUT2D eigenvalue weighted by Crippen LogP contribution is -2.30. The third kappa shape index (κ3) is 1.81.